The van der Waals surface area contributed by atoms with Gasteiger partial charge in [0.05, 0.1) is 11.7 Å². The van der Waals surface area contributed by atoms with Crippen molar-refractivity contribution >= 4 is 11.6 Å². The van der Waals surface area contributed by atoms with Crippen LogP contribution in [0.25, 0.3) is 0 Å². The molecule has 1 unspecified atom stereocenters. The van der Waals surface area contributed by atoms with Crippen molar-refractivity contribution in [1.82, 2.24) is 5.32 Å². The molecule has 2 nitrogen and oxygen atoms in total. The van der Waals surface area contributed by atoms with Crippen LogP contribution in [0.1, 0.15) is 57.8 Å². The van der Waals surface area contributed by atoms with Gasteiger partial charge in [-0.3, -0.25) is 0 Å². The summed E-state index contributed by atoms with van der Waals surface area (Å²) in [5.74, 6) is 0.755. The zero-order chi connectivity index (χ0) is 11.8. The Morgan fingerprint density at radius 2 is 1.82 bits per heavy atom. The van der Waals surface area contributed by atoms with Crippen LogP contribution in [0.5, 0.6) is 0 Å². The molecular formula is C14H24ClNO. The average Bonchev–Trinajstić information content (AvgIpc) is 2.89. The molecule has 2 saturated carbocycles. The molecule has 0 radical (unpaired) electrons. The van der Waals surface area contributed by atoms with E-state index < -0.39 is 0 Å². The molecule has 0 amide bonds. The van der Waals surface area contributed by atoms with Crippen LogP contribution < -0.4 is 5.32 Å². The van der Waals surface area contributed by atoms with E-state index in [4.69, 9.17) is 16.3 Å². The lowest BCUT2D eigenvalue weighted by molar-refractivity contribution is -0.0387. The second-order valence-corrected chi connectivity index (χ2v) is 6.58. The van der Waals surface area contributed by atoms with Gasteiger partial charge >= 0.3 is 0 Å². The molecule has 98 valence electrons. The van der Waals surface area contributed by atoms with E-state index in [1.165, 1.54) is 57.8 Å². The highest BCUT2D eigenvalue weighted by Gasteiger charge is 2.43. The first-order chi connectivity index (χ1) is 8.26. The van der Waals surface area contributed by atoms with Crippen LogP contribution in [0, 0.1) is 0 Å². The number of alkyl halides is 1. The largest absolute Gasteiger partial charge is 0.370 e. The SMILES string of the molecule is ClCC1(NCC2CCC3(CCCC3)O2)CCC1. The third-order valence-corrected chi connectivity index (χ3v) is 5.64. The third-order valence-electron chi connectivity index (χ3n) is 5.12. The summed E-state index contributed by atoms with van der Waals surface area (Å²) in [6, 6.07) is 0. The molecule has 3 aliphatic rings. The van der Waals surface area contributed by atoms with E-state index in [0.29, 0.717) is 6.10 Å². The summed E-state index contributed by atoms with van der Waals surface area (Å²) in [7, 11) is 0. The molecule has 1 atom stereocenters. The summed E-state index contributed by atoms with van der Waals surface area (Å²) in [4.78, 5) is 0. The molecule has 0 aromatic carbocycles. The molecule has 1 aliphatic heterocycles. The van der Waals surface area contributed by atoms with Crippen LogP contribution in [0.2, 0.25) is 0 Å². The summed E-state index contributed by atoms with van der Waals surface area (Å²) in [5, 5.41) is 3.67. The van der Waals surface area contributed by atoms with Gasteiger partial charge in [0.25, 0.3) is 0 Å². The maximum absolute atomic E-state index is 6.31. The summed E-state index contributed by atoms with van der Waals surface area (Å²) in [6.07, 6.45) is 12.1. The Balaban J connectivity index is 1.47. The number of hydrogen-bond acceptors (Lipinski definition) is 2. The Bertz CT molecular complexity index is 266. The monoisotopic (exact) mass is 257 g/mol. The topological polar surface area (TPSA) is 21.3 Å². The van der Waals surface area contributed by atoms with E-state index in [0.717, 1.165) is 12.4 Å². The molecule has 1 heterocycles. The van der Waals surface area contributed by atoms with E-state index in [9.17, 15) is 0 Å². The van der Waals surface area contributed by atoms with Crippen molar-refractivity contribution < 1.29 is 4.74 Å². The maximum Gasteiger partial charge on any atom is 0.0708 e. The zero-order valence-electron chi connectivity index (χ0n) is 10.6. The van der Waals surface area contributed by atoms with Gasteiger partial charge in [0, 0.05) is 18.0 Å². The van der Waals surface area contributed by atoms with Crippen molar-refractivity contribution in [3.05, 3.63) is 0 Å². The fraction of sp³-hybridized carbons (Fsp3) is 1.00. The highest BCUT2D eigenvalue weighted by Crippen LogP contribution is 2.43. The first-order valence-electron chi connectivity index (χ1n) is 7.25. The minimum atomic E-state index is 0.246. The fourth-order valence-corrected chi connectivity index (χ4v) is 4.08. The summed E-state index contributed by atoms with van der Waals surface area (Å²) >= 11 is 6.06. The van der Waals surface area contributed by atoms with Gasteiger partial charge in [0.2, 0.25) is 0 Å². The predicted molar refractivity (Wildman–Crippen MR) is 70.6 cm³/mol. The van der Waals surface area contributed by atoms with E-state index in [1.54, 1.807) is 0 Å². The summed E-state index contributed by atoms with van der Waals surface area (Å²) in [6.45, 7) is 1.01. The van der Waals surface area contributed by atoms with Crippen LogP contribution in [0.15, 0.2) is 0 Å². The van der Waals surface area contributed by atoms with Crippen LogP contribution in [-0.4, -0.2) is 29.7 Å². The molecule has 3 rings (SSSR count). The molecule has 1 spiro atoms. The molecule has 0 aromatic heterocycles. The number of hydrogen-bond donors (Lipinski definition) is 1. The first-order valence-corrected chi connectivity index (χ1v) is 7.78. The minimum Gasteiger partial charge on any atom is -0.370 e. The Labute approximate surface area is 109 Å². The molecule has 3 fully saturated rings. The second-order valence-electron chi connectivity index (χ2n) is 6.32. The minimum absolute atomic E-state index is 0.246. The Hall–Kier alpha value is 0.210. The lowest BCUT2D eigenvalue weighted by atomic mass is 9.78. The highest BCUT2D eigenvalue weighted by atomic mass is 35.5. The predicted octanol–water partition coefficient (Wildman–Crippen LogP) is 3.23. The molecular weight excluding hydrogens is 234 g/mol. The smallest absolute Gasteiger partial charge is 0.0708 e. The average molecular weight is 258 g/mol. The van der Waals surface area contributed by atoms with Gasteiger partial charge in [-0.25, -0.2) is 0 Å². The summed E-state index contributed by atoms with van der Waals surface area (Å²) in [5.41, 5.74) is 0.524. The number of ether oxygens (including phenoxy) is 1. The van der Waals surface area contributed by atoms with Crippen molar-refractivity contribution in [2.45, 2.75) is 75.0 Å². The van der Waals surface area contributed by atoms with Gasteiger partial charge in [-0.15, -0.1) is 11.6 Å². The van der Waals surface area contributed by atoms with Crippen molar-refractivity contribution in [3.63, 3.8) is 0 Å². The van der Waals surface area contributed by atoms with Gasteiger partial charge in [-0.2, -0.15) is 0 Å². The molecule has 0 bridgehead atoms. The van der Waals surface area contributed by atoms with Crippen LogP contribution in [-0.2, 0) is 4.74 Å². The first kappa shape index (κ1) is 12.3. The van der Waals surface area contributed by atoms with Gasteiger partial charge in [-0.1, -0.05) is 12.8 Å². The van der Waals surface area contributed by atoms with Gasteiger partial charge < -0.3 is 10.1 Å². The van der Waals surface area contributed by atoms with E-state index in [-0.39, 0.29) is 11.1 Å². The third kappa shape index (κ3) is 2.36. The van der Waals surface area contributed by atoms with Crippen molar-refractivity contribution in [2.24, 2.45) is 0 Å². The van der Waals surface area contributed by atoms with Crippen molar-refractivity contribution in [1.29, 1.82) is 0 Å². The highest BCUT2D eigenvalue weighted by molar-refractivity contribution is 6.18. The Morgan fingerprint density at radius 3 is 2.41 bits per heavy atom. The lowest BCUT2D eigenvalue weighted by Crippen LogP contribution is -2.54. The molecule has 0 aromatic rings. The number of halogens is 1. The molecule has 1 saturated heterocycles. The fourth-order valence-electron chi connectivity index (χ4n) is 3.72. The molecule has 17 heavy (non-hydrogen) atoms. The maximum atomic E-state index is 6.31. The normalized spacial score (nSPS) is 34.1. The molecule has 1 N–H and O–H groups in total. The summed E-state index contributed by atoms with van der Waals surface area (Å²) < 4.78 is 6.31. The van der Waals surface area contributed by atoms with E-state index >= 15 is 0 Å². The second kappa shape index (κ2) is 4.71. The number of nitrogens with one attached hydrogen (secondary N) is 1. The standard InChI is InChI=1S/C14H24ClNO/c15-11-13(5-3-6-13)16-10-12-4-9-14(17-12)7-1-2-8-14/h12,16H,1-11H2. The van der Waals surface area contributed by atoms with Crippen molar-refractivity contribution in [2.75, 3.05) is 12.4 Å². The molecule has 3 heteroatoms. The van der Waals surface area contributed by atoms with E-state index in [2.05, 4.69) is 5.32 Å². The Morgan fingerprint density at radius 1 is 1.06 bits per heavy atom. The van der Waals surface area contributed by atoms with Crippen LogP contribution in [0.4, 0.5) is 0 Å². The Kier molecular flexibility index (Phi) is 3.40. The van der Waals surface area contributed by atoms with E-state index in [1.807, 2.05) is 0 Å². The van der Waals surface area contributed by atoms with Gasteiger partial charge in [0.15, 0.2) is 0 Å². The van der Waals surface area contributed by atoms with Gasteiger partial charge in [-0.05, 0) is 44.9 Å². The van der Waals surface area contributed by atoms with Gasteiger partial charge in [0.1, 0.15) is 0 Å². The van der Waals surface area contributed by atoms with Crippen LogP contribution in [0.3, 0.4) is 0 Å². The van der Waals surface area contributed by atoms with Crippen LogP contribution >= 0.6 is 11.6 Å². The molecule has 2 aliphatic carbocycles. The lowest BCUT2D eigenvalue weighted by Gasteiger charge is -2.42. The zero-order valence-corrected chi connectivity index (χ0v) is 11.4. The number of rotatable bonds is 4. The van der Waals surface area contributed by atoms with Crippen molar-refractivity contribution in [3.8, 4) is 0 Å². The quantitative estimate of drug-likeness (QED) is 0.781.